The summed E-state index contributed by atoms with van der Waals surface area (Å²) in [4.78, 5) is 37.9. The van der Waals surface area contributed by atoms with Gasteiger partial charge in [-0.25, -0.2) is 4.79 Å². The number of carbonyl (C=O) groups excluding carboxylic acids is 3. The van der Waals surface area contributed by atoms with Crippen molar-refractivity contribution in [2.24, 2.45) is 5.92 Å². The molecule has 0 aliphatic rings. The lowest BCUT2D eigenvalue weighted by molar-refractivity contribution is -0.126. The van der Waals surface area contributed by atoms with Crippen LogP contribution in [0.3, 0.4) is 0 Å². The summed E-state index contributed by atoms with van der Waals surface area (Å²) in [6, 6.07) is 19.0. The summed E-state index contributed by atoms with van der Waals surface area (Å²) < 4.78 is 5.43. The van der Waals surface area contributed by atoms with Gasteiger partial charge in [-0.15, -0.1) is 0 Å². The first-order valence-corrected chi connectivity index (χ1v) is 9.74. The van der Waals surface area contributed by atoms with Crippen LogP contribution in [0.5, 0.6) is 0 Å². The number of rotatable bonds is 10. The number of nitrogens with one attached hydrogen (secondary N) is 1. The third-order valence-corrected chi connectivity index (χ3v) is 4.39. The summed E-state index contributed by atoms with van der Waals surface area (Å²) >= 11 is 0. The maximum atomic E-state index is 12.6. The average molecular weight is 396 g/mol. The van der Waals surface area contributed by atoms with E-state index in [2.05, 4.69) is 5.32 Å². The van der Waals surface area contributed by atoms with Crippen LogP contribution in [0.15, 0.2) is 60.7 Å². The molecule has 0 unspecified atom stereocenters. The molecule has 0 heterocycles. The van der Waals surface area contributed by atoms with Crippen LogP contribution < -0.4 is 5.32 Å². The topological polar surface area (TPSA) is 75.7 Å². The fourth-order valence-electron chi connectivity index (χ4n) is 2.56. The molecule has 0 aromatic heterocycles. The monoisotopic (exact) mass is 396 g/mol. The zero-order valence-corrected chi connectivity index (χ0v) is 17.0. The third kappa shape index (κ3) is 8.17. The molecule has 0 atom stereocenters. The summed E-state index contributed by atoms with van der Waals surface area (Å²) in [6.45, 7) is 4.29. The van der Waals surface area contributed by atoms with Gasteiger partial charge in [0.25, 0.3) is 0 Å². The van der Waals surface area contributed by atoms with E-state index in [4.69, 9.17) is 4.74 Å². The van der Waals surface area contributed by atoms with E-state index in [1.54, 1.807) is 13.8 Å². The standard InChI is InChI=1S/C23H28N2O4/c1-18(2)21(26)15-24-22(27)13-14-25(16-19-9-5-3-6-10-19)23(28)29-17-20-11-7-4-8-12-20/h3-12,18H,13-17H2,1-2H3,(H,24,27). The largest absolute Gasteiger partial charge is 0.445 e. The number of benzene rings is 2. The molecule has 29 heavy (non-hydrogen) atoms. The number of amides is 2. The van der Waals surface area contributed by atoms with Crippen molar-refractivity contribution in [1.29, 1.82) is 0 Å². The summed E-state index contributed by atoms with van der Waals surface area (Å²) in [5, 5.41) is 2.61. The fraction of sp³-hybridized carbons (Fsp3) is 0.348. The van der Waals surface area contributed by atoms with Gasteiger partial charge in [0.2, 0.25) is 5.91 Å². The minimum absolute atomic E-state index is 0.00758. The van der Waals surface area contributed by atoms with E-state index in [-0.39, 0.29) is 43.7 Å². The van der Waals surface area contributed by atoms with Crippen LogP contribution in [0.2, 0.25) is 0 Å². The van der Waals surface area contributed by atoms with Crippen molar-refractivity contribution in [3.63, 3.8) is 0 Å². The van der Waals surface area contributed by atoms with E-state index >= 15 is 0 Å². The minimum atomic E-state index is -0.483. The van der Waals surface area contributed by atoms with Crippen molar-refractivity contribution >= 4 is 17.8 Å². The van der Waals surface area contributed by atoms with Gasteiger partial charge in [0.05, 0.1) is 6.54 Å². The minimum Gasteiger partial charge on any atom is -0.445 e. The first kappa shape index (κ1) is 22.1. The Morgan fingerprint density at radius 1 is 0.931 bits per heavy atom. The predicted octanol–water partition coefficient (Wildman–Crippen LogP) is 3.56. The van der Waals surface area contributed by atoms with E-state index in [0.29, 0.717) is 6.54 Å². The van der Waals surface area contributed by atoms with Gasteiger partial charge < -0.3 is 15.0 Å². The second-order valence-corrected chi connectivity index (χ2v) is 7.10. The van der Waals surface area contributed by atoms with Crippen molar-refractivity contribution in [2.45, 2.75) is 33.4 Å². The normalized spacial score (nSPS) is 10.4. The maximum Gasteiger partial charge on any atom is 0.410 e. The molecule has 0 radical (unpaired) electrons. The first-order chi connectivity index (χ1) is 14.0. The predicted molar refractivity (Wildman–Crippen MR) is 111 cm³/mol. The number of Topliss-reactive ketones (excluding diaryl/α,β-unsaturated/α-hetero) is 1. The van der Waals surface area contributed by atoms with Crippen LogP contribution in [0.25, 0.3) is 0 Å². The van der Waals surface area contributed by atoms with E-state index in [9.17, 15) is 14.4 Å². The van der Waals surface area contributed by atoms with Gasteiger partial charge in [-0.2, -0.15) is 0 Å². The SMILES string of the molecule is CC(C)C(=O)CNC(=O)CCN(Cc1ccccc1)C(=O)OCc1ccccc1. The maximum absolute atomic E-state index is 12.6. The van der Waals surface area contributed by atoms with Crippen molar-refractivity contribution in [1.82, 2.24) is 10.2 Å². The van der Waals surface area contributed by atoms with Crippen molar-refractivity contribution in [3.05, 3.63) is 71.8 Å². The molecule has 1 N–H and O–H groups in total. The second-order valence-electron chi connectivity index (χ2n) is 7.10. The molecule has 6 heteroatoms. The highest BCUT2D eigenvalue weighted by Crippen LogP contribution is 2.09. The van der Waals surface area contributed by atoms with Gasteiger partial charge in [-0.1, -0.05) is 74.5 Å². The lowest BCUT2D eigenvalue weighted by atomic mass is 10.1. The number of nitrogens with zero attached hydrogens (tertiary/aromatic N) is 1. The fourth-order valence-corrected chi connectivity index (χ4v) is 2.56. The molecule has 0 saturated heterocycles. The molecule has 0 bridgehead atoms. The van der Waals surface area contributed by atoms with Crippen molar-refractivity contribution in [3.8, 4) is 0 Å². The Labute approximate surface area is 171 Å². The lowest BCUT2D eigenvalue weighted by Gasteiger charge is -2.22. The molecule has 154 valence electrons. The van der Waals surface area contributed by atoms with Gasteiger partial charge in [-0.3, -0.25) is 9.59 Å². The van der Waals surface area contributed by atoms with E-state index < -0.39 is 6.09 Å². The number of hydrogen-bond acceptors (Lipinski definition) is 4. The Kier molecular flexibility index (Phi) is 8.89. The van der Waals surface area contributed by atoms with Crippen LogP contribution in [0, 0.1) is 5.92 Å². The molecular weight excluding hydrogens is 368 g/mol. The summed E-state index contributed by atoms with van der Waals surface area (Å²) in [6.07, 6.45) is -0.387. The second kappa shape index (κ2) is 11.6. The smallest absolute Gasteiger partial charge is 0.410 e. The molecular formula is C23H28N2O4. The average Bonchev–Trinajstić information content (AvgIpc) is 2.74. The molecule has 0 fully saturated rings. The Hall–Kier alpha value is -3.15. The molecule has 2 aromatic rings. The molecule has 2 amide bonds. The van der Waals surface area contributed by atoms with Gasteiger partial charge in [0.15, 0.2) is 5.78 Å². The van der Waals surface area contributed by atoms with Crippen LogP contribution in [0.1, 0.15) is 31.4 Å². The van der Waals surface area contributed by atoms with E-state index in [1.165, 1.54) is 4.90 Å². The lowest BCUT2D eigenvalue weighted by Crippen LogP contribution is -2.37. The summed E-state index contributed by atoms with van der Waals surface area (Å²) in [7, 11) is 0. The van der Waals surface area contributed by atoms with Gasteiger partial charge in [-0.05, 0) is 11.1 Å². The molecule has 0 aliphatic heterocycles. The highest BCUT2D eigenvalue weighted by Gasteiger charge is 2.18. The van der Waals surface area contributed by atoms with Crippen molar-refractivity contribution < 1.29 is 19.1 Å². The van der Waals surface area contributed by atoms with Gasteiger partial charge >= 0.3 is 6.09 Å². The Balaban J connectivity index is 1.92. The molecule has 0 saturated carbocycles. The van der Waals surface area contributed by atoms with Crippen LogP contribution in [-0.4, -0.2) is 35.8 Å². The van der Waals surface area contributed by atoms with Crippen molar-refractivity contribution in [2.75, 3.05) is 13.1 Å². The Morgan fingerprint density at radius 2 is 1.52 bits per heavy atom. The zero-order valence-electron chi connectivity index (χ0n) is 17.0. The molecule has 6 nitrogen and oxygen atoms in total. The van der Waals surface area contributed by atoms with Crippen LogP contribution >= 0.6 is 0 Å². The Bertz CT molecular complexity index is 791. The third-order valence-electron chi connectivity index (χ3n) is 4.39. The van der Waals surface area contributed by atoms with E-state index in [0.717, 1.165) is 11.1 Å². The number of ether oxygens (including phenoxy) is 1. The quantitative estimate of drug-likeness (QED) is 0.666. The number of ketones is 1. The zero-order chi connectivity index (χ0) is 21.1. The van der Waals surface area contributed by atoms with Crippen LogP contribution in [-0.2, 0) is 27.5 Å². The molecule has 0 spiro atoms. The summed E-state index contributed by atoms with van der Waals surface area (Å²) in [5.74, 6) is -0.424. The Morgan fingerprint density at radius 3 is 2.10 bits per heavy atom. The van der Waals surface area contributed by atoms with Gasteiger partial charge in [0, 0.05) is 25.4 Å². The first-order valence-electron chi connectivity index (χ1n) is 9.74. The highest BCUT2D eigenvalue weighted by molar-refractivity contribution is 5.87. The highest BCUT2D eigenvalue weighted by atomic mass is 16.6. The molecule has 0 aliphatic carbocycles. The summed E-state index contributed by atoms with van der Waals surface area (Å²) in [5.41, 5.74) is 1.84. The number of carbonyl (C=O) groups is 3. The molecule has 2 aromatic carbocycles. The van der Waals surface area contributed by atoms with E-state index in [1.807, 2.05) is 60.7 Å². The van der Waals surface area contributed by atoms with Crippen LogP contribution in [0.4, 0.5) is 4.79 Å². The molecule has 2 rings (SSSR count). The number of hydrogen-bond donors (Lipinski definition) is 1. The van der Waals surface area contributed by atoms with Gasteiger partial charge in [0.1, 0.15) is 6.61 Å².